The van der Waals surface area contributed by atoms with Gasteiger partial charge in [0.15, 0.2) is 5.65 Å². The molecule has 1 aliphatic carbocycles. The van der Waals surface area contributed by atoms with E-state index in [-0.39, 0.29) is 0 Å². The van der Waals surface area contributed by atoms with Crippen LogP contribution in [0.4, 0.5) is 5.82 Å². The molecule has 3 N–H and O–H groups in total. The summed E-state index contributed by atoms with van der Waals surface area (Å²) in [6.45, 7) is 5.46. The van der Waals surface area contributed by atoms with Crippen molar-refractivity contribution in [3.8, 4) is 0 Å². The van der Waals surface area contributed by atoms with Crippen molar-refractivity contribution in [2.75, 3.05) is 18.4 Å². The summed E-state index contributed by atoms with van der Waals surface area (Å²) in [5.74, 6) is 1.67. The zero-order chi connectivity index (χ0) is 12.7. The van der Waals surface area contributed by atoms with Crippen molar-refractivity contribution in [2.24, 2.45) is 5.73 Å². The summed E-state index contributed by atoms with van der Waals surface area (Å²) in [5.41, 5.74) is 9.85. The van der Waals surface area contributed by atoms with E-state index in [1.807, 2.05) is 11.4 Å². The second kappa shape index (κ2) is 4.24. The van der Waals surface area contributed by atoms with Crippen LogP contribution in [0.3, 0.4) is 0 Å². The molecule has 3 rings (SSSR count). The van der Waals surface area contributed by atoms with Crippen molar-refractivity contribution in [1.29, 1.82) is 0 Å². The van der Waals surface area contributed by atoms with Gasteiger partial charge in [-0.25, -0.2) is 4.98 Å². The molecule has 5 nitrogen and oxygen atoms in total. The highest BCUT2D eigenvalue weighted by molar-refractivity contribution is 5.56. The summed E-state index contributed by atoms with van der Waals surface area (Å²) >= 11 is 0. The van der Waals surface area contributed by atoms with Gasteiger partial charge in [0.2, 0.25) is 0 Å². The Morgan fingerprint density at radius 2 is 2.22 bits per heavy atom. The Balaban J connectivity index is 2.12. The van der Waals surface area contributed by atoms with E-state index in [9.17, 15) is 0 Å². The van der Waals surface area contributed by atoms with E-state index < -0.39 is 0 Å². The number of nitrogens with zero attached hydrogens (tertiary/aromatic N) is 3. The molecule has 0 amide bonds. The maximum absolute atomic E-state index is 5.56. The van der Waals surface area contributed by atoms with Gasteiger partial charge < -0.3 is 11.1 Å². The summed E-state index contributed by atoms with van der Waals surface area (Å²) in [5, 5.41) is 8.03. The minimum absolute atomic E-state index is 0.610. The van der Waals surface area contributed by atoms with E-state index in [1.54, 1.807) is 0 Å². The van der Waals surface area contributed by atoms with Crippen LogP contribution in [0.2, 0.25) is 0 Å². The molecule has 0 spiro atoms. The van der Waals surface area contributed by atoms with Crippen molar-refractivity contribution in [3.05, 3.63) is 23.0 Å². The molecule has 2 heterocycles. The molecular formula is C13H19N5. The van der Waals surface area contributed by atoms with E-state index in [1.165, 1.54) is 18.5 Å². The molecule has 96 valence electrons. The Kier molecular flexibility index (Phi) is 2.70. The van der Waals surface area contributed by atoms with Gasteiger partial charge in [-0.15, -0.1) is 0 Å². The molecule has 0 bridgehead atoms. The minimum Gasteiger partial charge on any atom is -0.368 e. The van der Waals surface area contributed by atoms with Crippen LogP contribution in [-0.2, 0) is 0 Å². The summed E-state index contributed by atoms with van der Waals surface area (Å²) in [6.07, 6.45) is 2.51. The molecule has 1 aliphatic rings. The number of hydrogen-bond acceptors (Lipinski definition) is 4. The first-order chi connectivity index (χ1) is 8.70. The van der Waals surface area contributed by atoms with Gasteiger partial charge in [0.05, 0.1) is 5.69 Å². The van der Waals surface area contributed by atoms with Crippen molar-refractivity contribution < 1.29 is 0 Å². The Morgan fingerprint density at radius 1 is 1.44 bits per heavy atom. The number of fused-ring (bicyclic) bond motifs is 1. The van der Waals surface area contributed by atoms with Crippen LogP contribution in [-0.4, -0.2) is 27.7 Å². The lowest BCUT2D eigenvalue weighted by Gasteiger charge is -2.12. The first-order valence-corrected chi connectivity index (χ1v) is 6.51. The molecule has 0 atom stereocenters. The first-order valence-electron chi connectivity index (χ1n) is 6.51. The Bertz CT molecular complexity index is 583. The Hall–Kier alpha value is -1.62. The molecule has 2 aromatic heterocycles. The molecular weight excluding hydrogens is 226 g/mol. The average Bonchev–Trinajstić information content (AvgIpc) is 3.12. The number of anilines is 1. The number of aryl methyl sites for hydroxylation is 1. The number of rotatable bonds is 4. The zero-order valence-electron chi connectivity index (χ0n) is 10.9. The standard InChI is InChI=1S/C13H19N5/c1-8-9(2)16-12-7-11(10-3-4-10)17-18(12)13(8)15-6-5-14/h7,10,15H,3-6,14H2,1-2H3. The van der Waals surface area contributed by atoms with Crippen LogP contribution in [0.15, 0.2) is 6.07 Å². The van der Waals surface area contributed by atoms with Crippen LogP contribution >= 0.6 is 0 Å². The molecule has 0 radical (unpaired) electrons. The number of nitrogens with one attached hydrogen (secondary N) is 1. The van der Waals surface area contributed by atoms with E-state index >= 15 is 0 Å². The van der Waals surface area contributed by atoms with Crippen LogP contribution in [0.25, 0.3) is 5.65 Å². The zero-order valence-corrected chi connectivity index (χ0v) is 10.9. The predicted molar refractivity (Wildman–Crippen MR) is 72.0 cm³/mol. The number of hydrogen-bond donors (Lipinski definition) is 2. The molecule has 0 saturated heterocycles. The highest BCUT2D eigenvalue weighted by atomic mass is 15.3. The van der Waals surface area contributed by atoms with Crippen LogP contribution in [0.1, 0.15) is 35.7 Å². The van der Waals surface area contributed by atoms with Gasteiger partial charge in [-0.3, -0.25) is 0 Å². The molecule has 18 heavy (non-hydrogen) atoms. The third-order valence-corrected chi connectivity index (χ3v) is 3.53. The summed E-state index contributed by atoms with van der Waals surface area (Å²) in [6, 6.07) is 2.11. The Labute approximate surface area is 106 Å². The summed E-state index contributed by atoms with van der Waals surface area (Å²) in [4.78, 5) is 4.60. The van der Waals surface area contributed by atoms with Crippen LogP contribution in [0, 0.1) is 13.8 Å². The van der Waals surface area contributed by atoms with Crippen molar-refractivity contribution in [2.45, 2.75) is 32.6 Å². The van der Waals surface area contributed by atoms with E-state index in [0.717, 1.165) is 29.3 Å². The van der Waals surface area contributed by atoms with Gasteiger partial charge in [0.25, 0.3) is 0 Å². The Morgan fingerprint density at radius 3 is 2.89 bits per heavy atom. The maximum Gasteiger partial charge on any atom is 0.157 e. The van der Waals surface area contributed by atoms with Gasteiger partial charge in [-0.2, -0.15) is 9.61 Å². The third-order valence-electron chi connectivity index (χ3n) is 3.53. The molecule has 2 aromatic rings. The quantitative estimate of drug-likeness (QED) is 0.858. The van der Waals surface area contributed by atoms with Gasteiger partial charge in [0, 0.05) is 36.3 Å². The van der Waals surface area contributed by atoms with E-state index in [4.69, 9.17) is 5.73 Å². The van der Waals surface area contributed by atoms with Gasteiger partial charge in [0.1, 0.15) is 5.82 Å². The highest BCUT2D eigenvalue weighted by Gasteiger charge is 2.27. The highest BCUT2D eigenvalue weighted by Crippen LogP contribution is 2.39. The molecule has 0 aromatic carbocycles. The second-order valence-corrected chi connectivity index (χ2v) is 5.00. The molecule has 0 aliphatic heterocycles. The molecule has 1 saturated carbocycles. The number of aromatic nitrogens is 3. The molecule has 1 fully saturated rings. The topological polar surface area (TPSA) is 68.2 Å². The van der Waals surface area contributed by atoms with Crippen molar-refractivity contribution in [3.63, 3.8) is 0 Å². The van der Waals surface area contributed by atoms with Crippen LogP contribution in [0.5, 0.6) is 0 Å². The largest absolute Gasteiger partial charge is 0.368 e. The summed E-state index contributed by atoms with van der Waals surface area (Å²) in [7, 11) is 0. The lowest BCUT2D eigenvalue weighted by molar-refractivity contribution is 0.861. The SMILES string of the molecule is Cc1nc2cc(C3CC3)nn2c(NCCN)c1C. The lowest BCUT2D eigenvalue weighted by atomic mass is 10.2. The van der Waals surface area contributed by atoms with Gasteiger partial charge in [-0.05, 0) is 26.7 Å². The van der Waals surface area contributed by atoms with Crippen molar-refractivity contribution >= 4 is 11.5 Å². The normalized spacial score (nSPS) is 15.3. The second-order valence-electron chi connectivity index (χ2n) is 5.00. The minimum atomic E-state index is 0.610. The predicted octanol–water partition coefficient (Wildman–Crippen LogP) is 1.59. The fourth-order valence-electron chi connectivity index (χ4n) is 2.20. The maximum atomic E-state index is 5.56. The summed E-state index contributed by atoms with van der Waals surface area (Å²) < 4.78 is 1.92. The molecule has 5 heteroatoms. The fourth-order valence-corrected chi connectivity index (χ4v) is 2.20. The smallest absolute Gasteiger partial charge is 0.157 e. The van der Waals surface area contributed by atoms with Crippen molar-refractivity contribution in [1.82, 2.24) is 14.6 Å². The number of nitrogens with two attached hydrogens (primary N) is 1. The first kappa shape index (κ1) is 11.5. The average molecular weight is 245 g/mol. The van der Waals surface area contributed by atoms with Crippen LogP contribution < -0.4 is 11.1 Å². The fraction of sp³-hybridized carbons (Fsp3) is 0.538. The van der Waals surface area contributed by atoms with E-state index in [2.05, 4.69) is 28.4 Å². The van der Waals surface area contributed by atoms with Gasteiger partial charge in [-0.1, -0.05) is 0 Å². The lowest BCUT2D eigenvalue weighted by Crippen LogP contribution is -2.17. The monoisotopic (exact) mass is 245 g/mol. The third kappa shape index (κ3) is 1.84. The van der Waals surface area contributed by atoms with E-state index in [0.29, 0.717) is 12.5 Å². The molecule has 0 unspecified atom stereocenters. The van der Waals surface area contributed by atoms with Gasteiger partial charge >= 0.3 is 0 Å².